The number of carbonyl (C=O) groups excluding carboxylic acids is 1. The summed E-state index contributed by atoms with van der Waals surface area (Å²) in [4.78, 5) is 28.5. The molecule has 2 aromatic carbocycles. The van der Waals surface area contributed by atoms with Crippen molar-refractivity contribution in [3.05, 3.63) is 58.3 Å². The first-order valence-electron chi connectivity index (χ1n) is 7.93. The second kappa shape index (κ2) is 7.77. The van der Waals surface area contributed by atoms with Crippen molar-refractivity contribution in [3.63, 3.8) is 0 Å². The van der Waals surface area contributed by atoms with E-state index < -0.39 is 11.6 Å². The van der Waals surface area contributed by atoms with Crippen molar-refractivity contribution in [2.24, 2.45) is 0 Å². The molecule has 0 spiro atoms. The summed E-state index contributed by atoms with van der Waals surface area (Å²) in [5.41, 5.74) is 0.111. The van der Waals surface area contributed by atoms with Gasteiger partial charge in [0.1, 0.15) is 0 Å². The maximum Gasteiger partial charge on any atom is 0.346 e. The molecule has 0 aliphatic carbocycles. The number of hydrogen-bond acceptors (Lipinski definition) is 8. The number of fused-ring (bicyclic) bond motifs is 1. The number of carbonyl (C=O) groups is 1. The Morgan fingerprint density at radius 2 is 1.70 bits per heavy atom. The van der Waals surface area contributed by atoms with Crippen LogP contribution < -0.4 is 19.8 Å². The molecule has 140 valence electrons. The SMILES string of the molecule is COc1cc(C(=O)OCc2nc3ccccc3c(=O)o2)cc(OC)c1OC. The molecule has 0 radical (unpaired) electrons. The molecule has 0 N–H and O–H groups in total. The van der Waals surface area contributed by atoms with Crippen molar-refractivity contribution in [1.82, 2.24) is 4.98 Å². The van der Waals surface area contributed by atoms with Crippen LogP contribution in [0.25, 0.3) is 10.9 Å². The van der Waals surface area contributed by atoms with E-state index in [1.165, 1.54) is 33.5 Å². The van der Waals surface area contributed by atoms with Crippen LogP contribution in [0.15, 0.2) is 45.6 Å². The summed E-state index contributed by atoms with van der Waals surface area (Å²) in [5.74, 6) is 0.336. The highest BCUT2D eigenvalue weighted by atomic mass is 16.5. The number of aromatic nitrogens is 1. The van der Waals surface area contributed by atoms with Gasteiger partial charge >= 0.3 is 11.6 Å². The van der Waals surface area contributed by atoms with Crippen LogP contribution in [0.2, 0.25) is 0 Å². The standard InChI is InChI=1S/C19H17NO7/c1-23-14-8-11(9-15(24-2)17(14)25-3)18(21)26-10-16-20-13-7-5-4-6-12(13)19(22)27-16/h4-9H,10H2,1-3H3. The zero-order valence-corrected chi connectivity index (χ0v) is 15.0. The van der Waals surface area contributed by atoms with E-state index in [4.69, 9.17) is 23.4 Å². The zero-order valence-electron chi connectivity index (χ0n) is 15.0. The van der Waals surface area contributed by atoms with E-state index in [2.05, 4.69) is 4.98 Å². The van der Waals surface area contributed by atoms with E-state index in [9.17, 15) is 9.59 Å². The predicted octanol–water partition coefficient (Wildman–Crippen LogP) is 2.57. The molecule has 8 heteroatoms. The fourth-order valence-corrected chi connectivity index (χ4v) is 2.53. The van der Waals surface area contributed by atoms with Crippen molar-refractivity contribution >= 4 is 16.9 Å². The van der Waals surface area contributed by atoms with Crippen LogP contribution >= 0.6 is 0 Å². The number of ether oxygens (including phenoxy) is 4. The first kappa shape index (κ1) is 18.2. The minimum absolute atomic E-state index is 0.000471. The van der Waals surface area contributed by atoms with Gasteiger partial charge in [0.15, 0.2) is 18.1 Å². The van der Waals surface area contributed by atoms with E-state index >= 15 is 0 Å². The maximum absolute atomic E-state index is 12.4. The third-order valence-corrected chi connectivity index (χ3v) is 3.81. The Labute approximate surface area is 154 Å². The average molecular weight is 371 g/mol. The highest BCUT2D eigenvalue weighted by Gasteiger charge is 2.18. The minimum atomic E-state index is -0.660. The lowest BCUT2D eigenvalue weighted by molar-refractivity contribution is 0.0432. The summed E-state index contributed by atoms with van der Waals surface area (Å²) in [5, 5.41) is 0.359. The number of para-hydroxylation sites is 1. The molecular formula is C19H17NO7. The monoisotopic (exact) mass is 371 g/mol. The lowest BCUT2D eigenvalue weighted by Crippen LogP contribution is -2.10. The Kier molecular flexibility index (Phi) is 5.25. The molecule has 8 nitrogen and oxygen atoms in total. The maximum atomic E-state index is 12.4. The Morgan fingerprint density at radius 3 is 2.33 bits per heavy atom. The molecule has 0 atom stereocenters. The molecule has 0 bridgehead atoms. The van der Waals surface area contributed by atoms with Gasteiger partial charge in [0.2, 0.25) is 11.6 Å². The van der Waals surface area contributed by atoms with Crippen LogP contribution in [-0.4, -0.2) is 32.3 Å². The third kappa shape index (κ3) is 3.69. The normalized spacial score (nSPS) is 10.5. The second-order valence-corrected chi connectivity index (χ2v) is 5.40. The molecule has 1 aromatic heterocycles. The van der Waals surface area contributed by atoms with Gasteiger partial charge in [0.25, 0.3) is 0 Å². The zero-order chi connectivity index (χ0) is 19.4. The van der Waals surface area contributed by atoms with Gasteiger partial charge in [-0.1, -0.05) is 12.1 Å². The minimum Gasteiger partial charge on any atom is -0.493 e. The van der Waals surface area contributed by atoms with Crippen molar-refractivity contribution in [1.29, 1.82) is 0 Å². The van der Waals surface area contributed by atoms with Gasteiger partial charge in [-0.25, -0.2) is 14.6 Å². The first-order valence-corrected chi connectivity index (χ1v) is 7.93. The van der Waals surface area contributed by atoms with Crippen molar-refractivity contribution in [2.75, 3.05) is 21.3 Å². The number of benzene rings is 2. The molecule has 1 heterocycles. The van der Waals surface area contributed by atoms with E-state index in [1.807, 2.05) is 0 Å². The second-order valence-electron chi connectivity index (χ2n) is 5.40. The molecule has 3 aromatic rings. The number of methoxy groups -OCH3 is 3. The smallest absolute Gasteiger partial charge is 0.346 e. The van der Waals surface area contributed by atoms with Gasteiger partial charge in [-0.2, -0.15) is 0 Å². The number of hydrogen-bond donors (Lipinski definition) is 0. The summed E-state index contributed by atoms with van der Waals surface area (Å²) in [7, 11) is 4.35. The molecule has 0 fully saturated rings. The van der Waals surface area contributed by atoms with Crippen molar-refractivity contribution < 1.29 is 28.2 Å². The van der Waals surface area contributed by atoms with E-state index in [0.29, 0.717) is 28.2 Å². The third-order valence-electron chi connectivity index (χ3n) is 3.81. The lowest BCUT2D eigenvalue weighted by Gasteiger charge is -2.13. The Morgan fingerprint density at radius 1 is 1.04 bits per heavy atom. The summed E-state index contributed by atoms with van der Waals surface area (Å²) >= 11 is 0. The highest BCUT2D eigenvalue weighted by molar-refractivity contribution is 5.91. The molecular weight excluding hydrogens is 354 g/mol. The van der Waals surface area contributed by atoms with Gasteiger partial charge in [0.05, 0.1) is 37.8 Å². The molecule has 0 unspecified atom stereocenters. The summed E-state index contributed by atoms with van der Waals surface area (Å²) in [6.45, 7) is -0.296. The van der Waals surface area contributed by atoms with Crippen LogP contribution in [0.3, 0.4) is 0 Å². The molecule has 27 heavy (non-hydrogen) atoms. The molecule has 0 amide bonds. The topological polar surface area (TPSA) is 97.1 Å². The van der Waals surface area contributed by atoms with Crippen LogP contribution in [0.1, 0.15) is 16.2 Å². The van der Waals surface area contributed by atoms with Crippen LogP contribution in [0.4, 0.5) is 0 Å². The molecule has 0 saturated carbocycles. The van der Waals surface area contributed by atoms with Gasteiger partial charge < -0.3 is 23.4 Å². The van der Waals surface area contributed by atoms with Gasteiger partial charge in [-0.3, -0.25) is 0 Å². The van der Waals surface area contributed by atoms with E-state index in [-0.39, 0.29) is 18.1 Å². The van der Waals surface area contributed by atoms with Gasteiger partial charge in [-0.05, 0) is 24.3 Å². The van der Waals surface area contributed by atoms with Crippen molar-refractivity contribution in [3.8, 4) is 17.2 Å². The van der Waals surface area contributed by atoms with Gasteiger partial charge in [-0.15, -0.1) is 0 Å². The Balaban J connectivity index is 1.83. The number of nitrogens with zero attached hydrogens (tertiary/aromatic N) is 1. The Bertz CT molecular complexity index is 1020. The van der Waals surface area contributed by atoms with Crippen LogP contribution in [0.5, 0.6) is 17.2 Å². The fraction of sp³-hybridized carbons (Fsp3) is 0.211. The predicted molar refractivity (Wildman–Crippen MR) is 95.5 cm³/mol. The molecule has 0 aliphatic heterocycles. The summed E-state index contributed by atoms with van der Waals surface area (Å²) < 4.78 is 25.9. The van der Waals surface area contributed by atoms with Gasteiger partial charge in [0, 0.05) is 0 Å². The largest absolute Gasteiger partial charge is 0.493 e. The van der Waals surface area contributed by atoms with E-state index in [0.717, 1.165) is 0 Å². The molecule has 3 rings (SSSR count). The quantitative estimate of drug-likeness (QED) is 0.610. The van der Waals surface area contributed by atoms with Crippen LogP contribution in [-0.2, 0) is 11.3 Å². The Hall–Kier alpha value is -3.55. The average Bonchev–Trinajstić information content (AvgIpc) is 2.70. The van der Waals surface area contributed by atoms with Crippen LogP contribution in [0, 0.1) is 0 Å². The number of esters is 1. The van der Waals surface area contributed by atoms with E-state index in [1.54, 1.807) is 24.3 Å². The first-order chi connectivity index (χ1) is 13.1. The number of rotatable bonds is 6. The lowest BCUT2D eigenvalue weighted by atomic mass is 10.2. The summed E-state index contributed by atoms with van der Waals surface area (Å²) in [6.07, 6.45) is 0. The van der Waals surface area contributed by atoms with Crippen molar-refractivity contribution in [2.45, 2.75) is 6.61 Å². The molecule has 0 aliphatic rings. The summed E-state index contributed by atoms with van der Waals surface area (Å²) in [6, 6.07) is 9.68. The highest BCUT2D eigenvalue weighted by Crippen LogP contribution is 2.38. The fourth-order valence-electron chi connectivity index (χ4n) is 2.53. The molecule has 0 saturated heterocycles.